The Morgan fingerprint density at radius 1 is 1.04 bits per heavy atom. The highest BCUT2D eigenvalue weighted by molar-refractivity contribution is 7.09. The molecule has 0 aliphatic carbocycles. The fourth-order valence-corrected chi connectivity index (χ4v) is 3.72. The number of carbonyl (C=O) groups is 1. The summed E-state index contributed by atoms with van der Waals surface area (Å²) in [5, 5.41) is 5.20. The van der Waals surface area contributed by atoms with Gasteiger partial charge in [-0.05, 0) is 36.5 Å². The summed E-state index contributed by atoms with van der Waals surface area (Å²) in [7, 11) is 0. The van der Waals surface area contributed by atoms with Crippen molar-refractivity contribution in [2.24, 2.45) is 0 Å². The van der Waals surface area contributed by atoms with E-state index in [1.165, 1.54) is 4.88 Å². The second-order valence-electron chi connectivity index (χ2n) is 6.22. The summed E-state index contributed by atoms with van der Waals surface area (Å²) in [5.41, 5.74) is 2.99. The lowest BCUT2D eigenvalue weighted by molar-refractivity contribution is -0.120. The van der Waals surface area contributed by atoms with Crippen LogP contribution in [0.1, 0.15) is 18.7 Å². The van der Waals surface area contributed by atoms with Crippen LogP contribution in [0.2, 0.25) is 0 Å². The molecule has 1 amide bonds. The third-order valence-electron chi connectivity index (χ3n) is 4.54. The van der Waals surface area contributed by atoms with Crippen LogP contribution in [0.5, 0.6) is 0 Å². The van der Waals surface area contributed by atoms with Gasteiger partial charge in [0.2, 0.25) is 5.91 Å². The standard InChI is InChI=1S/C22H24N2OS/c1-3-24(16-19-12-9-15-26-19)17(2)22(25)23-21-14-8-7-13-20(21)18-10-5-4-6-11-18/h4-15,17H,3,16H2,1-2H3,(H,23,25)/t17-/m1/s1. The molecular weight excluding hydrogens is 340 g/mol. The van der Waals surface area contributed by atoms with Crippen molar-refractivity contribution in [1.82, 2.24) is 4.90 Å². The third kappa shape index (κ3) is 4.40. The molecule has 1 heterocycles. The first-order chi connectivity index (χ1) is 12.7. The van der Waals surface area contributed by atoms with Crippen LogP contribution in [0.15, 0.2) is 72.1 Å². The summed E-state index contributed by atoms with van der Waals surface area (Å²) >= 11 is 1.73. The Kier molecular flexibility index (Phi) is 6.21. The lowest BCUT2D eigenvalue weighted by atomic mass is 10.0. The topological polar surface area (TPSA) is 32.3 Å². The van der Waals surface area contributed by atoms with Crippen LogP contribution in [0.3, 0.4) is 0 Å². The molecule has 26 heavy (non-hydrogen) atoms. The number of para-hydroxylation sites is 1. The highest BCUT2D eigenvalue weighted by Gasteiger charge is 2.21. The van der Waals surface area contributed by atoms with E-state index in [1.54, 1.807) is 11.3 Å². The Bertz CT molecular complexity index is 830. The van der Waals surface area contributed by atoms with Crippen molar-refractivity contribution in [3.8, 4) is 11.1 Å². The van der Waals surface area contributed by atoms with Gasteiger partial charge in [-0.2, -0.15) is 0 Å². The zero-order valence-electron chi connectivity index (χ0n) is 15.2. The molecule has 0 spiro atoms. The number of nitrogens with zero attached hydrogens (tertiary/aromatic N) is 1. The molecule has 0 unspecified atom stereocenters. The fraction of sp³-hybridized carbons (Fsp3) is 0.227. The normalized spacial score (nSPS) is 12.1. The predicted molar refractivity (Wildman–Crippen MR) is 110 cm³/mol. The van der Waals surface area contributed by atoms with Crippen LogP contribution in [0.4, 0.5) is 5.69 Å². The molecule has 1 atom stereocenters. The molecule has 0 radical (unpaired) electrons. The number of amides is 1. The molecule has 4 heteroatoms. The van der Waals surface area contributed by atoms with E-state index in [9.17, 15) is 4.79 Å². The molecule has 0 bridgehead atoms. The Morgan fingerprint density at radius 2 is 1.77 bits per heavy atom. The molecular formula is C22H24N2OS. The third-order valence-corrected chi connectivity index (χ3v) is 5.40. The van der Waals surface area contributed by atoms with Crippen LogP contribution < -0.4 is 5.32 Å². The summed E-state index contributed by atoms with van der Waals surface area (Å²) < 4.78 is 0. The zero-order chi connectivity index (χ0) is 18.4. The SMILES string of the molecule is CCN(Cc1cccs1)[C@H](C)C(=O)Nc1ccccc1-c1ccccc1. The van der Waals surface area contributed by atoms with E-state index in [0.717, 1.165) is 29.9 Å². The highest BCUT2D eigenvalue weighted by Crippen LogP contribution is 2.28. The number of hydrogen-bond acceptors (Lipinski definition) is 3. The summed E-state index contributed by atoms with van der Waals surface area (Å²) in [6, 6.07) is 22.0. The van der Waals surface area contributed by atoms with Crippen molar-refractivity contribution < 1.29 is 4.79 Å². The second-order valence-corrected chi connectivity index (χ2v) is 7.25. The molecule has 0 saturated heterocycles. The predicted octanol–water partition coefficient (Wildman–Crippen LogP) is 5.26. The van der Waals surface area contributed by atoms with Gasteiger partial charge in [0, 0.05) is 22.7 Å². The monoisotopic (exact) mass is 364 g/mol. The van der Waals surface area contributed by atoms with Gasteiger partial charge in [0.05, 0.1) is 6.04 Å². The molecule has 0 fully saturated rings. The maximum Gasteiger partial charge on any atom is 0.241 e. The maximum atomic E-state index is 12.9. The molecule has 3 rings (SSSR count). The lowest BCUT2D eigenvalue weighted by Crippen LogP contribution is -2.41. The van der Waals surface area contributed by atoms with E-state index in [2.05, 4.69) is 46.8 Å². The fourth-order valence-electron chi connectivity index (χ4n) is 2.99. The number of hydrogen-bond donors (Lipinski definition) is 1. The molecule has 0 saturated carbocycles. The number of rotatable bonds is 7. The van der Waals surface area contributed by atoms with Crippen molar-refractivity contribution >= 4 is 22.9 Å². The second kappa shape index (κ2) is 8.79. The van der Waals surface area contributed by atoms with Gasteiger partial charge in [0.15, 0.2) is 0 Å². The van der Waals surface area contributed by atoms with Gasteiger partial charge in [-0.1, -0.05) is 61.5 Å². The smallest absolute Gasteiger partial charge is 0.241 e. The Hall–Kier alpha value is -2.43. The zero-order valence-corrected chi connectivity index (χ0v) is 16.0. The number of carbonyl (C=O) groups excluding carboxylic acids is 1. The first-order valence-corrected chi connectivity index (χ1v) is 9.78. The number of anilines is 1. The van der Waals surface area contributed by atoms with E-state index in [4.69, 9.17) is 0 Å². The molecule has 0 aliphatic heterocycles. The van der Waals surface area contributed by atoms with E-state index < -0.39 is 0 Å². The maximum absolute atomic E-state index is 12.9. The number of nitrogens with one attached hydrogen (secondary N) is 1. The van der Waals surface area contributed by atoms with Crippen molar-refractivity contribution in [2.45, 2.75) is 26.4 Å². The van der Waals surface area contributed by atoms with E-state index in [0.29, 0.717) is 0 Å². The van der Waals surface area contributed by atoms with Gasteiger partial charge in [-0.25, -0.2) is 0 Å². The summed E-state index contributed by atoms with van der Waals surface area (Å²) in [6.07, 6.45) is 0. The van der Waals surface area contributed by atoms with Crippen LogP contribution in [0, 0.1) is 0 Å². The average molecular weight is 365 g/mol. The number of likely N-dealkylation sites (N-methyl/N-ethyl adjacent to an activating group) is 1. The first-order valence-electron chi connectivity index (χ1n) is 8.90. The molecule has 134 valence electrons. The van der Waals surface area contributed by atoms with Gasteiger partial charge in [-0.3, -0.25) is 9.69 Å². The van der Waals surface area contributed by atoms with Crippen molar-refractivity contribution in [2.75, 3.05) is 11.9 Å². The van der Waals surface area contributed by atoms with Crippen molar-refractivity contribution in [1.29, 1.82) is 0 Å². The summed E-state index contributed by atoms with van der Waals surface area (Å²) in [5.74, 6) is 0.0202. The van der Waals surface area contributed by atoms with Crippen molar-refractivity contribution in [3.05, 3.63) is 77.0 Å². The largest absolute Gasteiger partial charge is 0.324 e. The van der Waals surface area contributed by atoms with Gasteiger partial charge < -0.3 is 5.32 Å². The van der Waals surface area contributed by atoms with Gasteiger partial charge in [0.25, 0.3) is 0 Å². The van der Waals surface area contributed by atoms with E-state index in [1.807, 2.05) is 49.4 Å². The molecule has 1 aromatic heterocycles. The molecule has 3 aromatic rings. The van der Waals surface area contributed by atoms with Gasteiger partial charge in [-0.15, -0.1) is 11.3 Å². The van der Waals surface area contributed by atoms with E-state index in [-0.39, 0.29) is 11.9 Å². The minimum Gasteiger partial charge on any atom is -0.324 e. The Labute approximate surface area is 159 Å². The first kappa shape index (κ1) is 18.4. The molecule has 0 aliphatic rings. The van der Waals surface area contributed by atoms with E-state index >= 15 is 0 Å². The Balaban J connectivity index is 1.75. The Morgan fingerprint density at radius 3 is 2.46 bits per heavy atom. The molecule has 3 nitrogen and oxygen atoms in total. The van der Waals surface area contributed by atoms with Crippen molar-refractivity contribution in [3.63, 3.8) is 0 Å². The lowest BCUT2D eigenvalue weighted by Gasteiger charge is -2.26. The van der Waals surface area contributed by atoms with Gasteiger partial charge in [0.1, 0.15) is 0 Å². The number of benzene rings is 2. The average Bonchev–Trinajstić information content (AvgIpc) is 3.20. The van der Waals surface area contributed by atoms with Crippen LogP contribution >= 0.6 is 11.3 Å². The summed E-state index contributed by atoms with van der Waals surface area (Å²) in [4.78, 5) is 16.3. The van der Waals surface area contributed by atoms with Crippen LogP contribution in [-0.4, -0.2) is 23.4 Å². The number of thiophene rings is 1. The molecule has 2 aromatic carbocycles. The minimum atomic E-state index is -0.203. The van der Waals surface area contributed by atoms with Gasteiger partial charge >= 0.3 is 0 Å². The quantitative estimate of drug-likeness (QED) is 0.620. The van der Waals surface area contributed by atoms with Crippen LogP contribution in [0.25, 0.3) is 11.1 Å². The van der Waals surface area contributed by atoms with Crippen LogP contribution in [-0.2, 0) is 11.3 Å². The highest BCUT2D eigenvalue weighted by atomic mass is 32.1. The summed E-state index contributed by atoms with van der Waals surface area (Å²) in [6.45, 7) is 5.68. The minimum absolute atomic E-state index is 0.0202. The molecule has 1 N–H and O–H groups in total.